The molecule has 2 aromatic heterocycles. The van der Waals surface area contributed by atoms with Gasteiger partial charge in [-0.05, 0) is 41.8 Å². The lowest BCUT2D eigenvalue weighted by Gasteiger charge is -2.03. The van der Waals surface area contributed by atoms with Crippen LogP contribution in [0, 0.1) is 5.82 Å². The van der Waals surface area contributed by atoms with Crippen molar-refractivity contribution in [3.8, 4) is 0 Å². The average molecular weight is 324 g/mol. The number of nitrogens with one attached hydrogen (secondary N) is 1. The zero-order valence-electron chi connectivity index (χ0n) is 13.0. The zero-order chi connectivity index (χ0) is 16.8. The molecule has 0 aliphatic carbocycles. The number of amides is 1. The van der Waals surface area contributed by atoms with Crippen molar-refractivity contribution >= 4 is 11.7 Å². The summed E-state index contributed by atoms with van der Waals surface area (Å²) in [5.41, 5.74) is 1.94. The minimum atomic E-state index is -0.313. The van der Waals surface area contributed by atoms with Crippen LogP contribution in [0.5, 0.6) is 0 Å². The number of rotatable bonds is 6. The van der Waals surface area contributed by atoms with Crippen LogP contribution in [0.15, 0.2) is 61.1 Å². The lowest BCUT2D eigenvalue weighted by Crippen LogP contribution is -2.15. The molecule has 0 saturated carbocycles. The molecular weight excluding hydrogens is 307 g/mol. The van der Waals surface area contributed by atoms with Gasteiger partial charge in [-0.2, -0.15) is 5.10 Å². The van der Waals surface area contributed by atoms with E-state index in [0.29, 0.717) is 5.82 Å². The molecule has 1 aromatic carbocycles. The molecule has 0 bridgehead atoms. The Kier molecular flexibility index (Phi) is 4.96. The number of hydrogen-bond donors (Lipinski definition) is 1. The van der Waals surface area contributed by atoms with Gasteiger partial charge in [-0.1, -0.05) is 12.1 Å². The van der Waals surface area contributed by atoms with E-state index in [-0.39, 0.29) is 18.1 Å². The van der Waals surface area contributed by atoms with E-state index in [1.165, 1.54) is 17.7 Å². The van der Waals surface area contributed by atoms with Crippen LogP contribution >= 0.6 is 0 Å². The van der Waals surface area contributed by atoms with Gasteiger partial charge in [0, 0.05) is 31.2 Å². The summed E-state index contributed by atoms with van der Waals surface area (Å²) < 4.78 is 14.6. The quantitative estimate of drug-likeness (QED) is 0.758. The third-order valence-electron chi connectivity index (χ3n) is 3.57. The van der Waals surface area contributed by atoms with Crippen LogP contribution in [-0.4, -0.2) is 20.7 Å². The van der Waals surface area contributed by atoms with Gasteiger partial charge in [-0.15, -0.1) is 0 Å². The predicted octanol–water partition coefficient (Wildman–Crippen LogP) is 2.84. The third kappa shape index (κ3) is 4.49. The summed E-state index contributed by atoms with van der Waals surface area (Å²) in [5, 5.41) is 7.08. The Morgan fingerprint density at radius 3 is 2.54 bits per heavy atom. The van der Waals surface area contributed by atoms with Gasteiger partial charge in [0.05, 0.1) is 6.42 Å². The maximum absolute atomic E-state index is 12.9. The van der Waals surface area contributed by atoms with E-state index >= 15 is 0 Å². The first-order valence-electron chi connectivity index (χ1n) is 7.66. The van der Waals surface area contributed by atoms with E-state index in [0.717, 1.165) is 18.5 Å². The van der Waals surface area contributed by atoms with Crippen molar-refractivity contribution in [2.75, 3.05) is 5.32 Å². The minimum absolute atomic E-state index is 0.180. The number of aromatic nitrogens is 3. The molecule has 6 heteroatoms. The van der Waals surface area contributed by atoms with Gasteiger partial charge < -0.3 is 5.32 Å². The van der Waals surface area contributed by atoms with Crippen molar-refractivity contribution in [2.24, 2.45) is 0 Å². The fraction of sp³-hybridized carbons (Fsp3) is 0.167. The van der Waals surface area contributed by atoms with Gasteiger partial charge in [0.1, 0.15) is 5.82 Å². The summed E-state index contributed by atoms with van der Waals surface area (Å²) in [6.45, 7) is 0.720. The van der Waals surface area contributed by atoms with Crippen LogP contribution < -0.4 is 5.32 Å². The van der Waals surface area contributed by atoms with Crippen LogP contribution in [0.1, 0.15) is 11.1 Å². The Hall–Kier alpha value is -3.02. The summed E-state index contributed by atoms with van der Waals surface area (Å²) in [6, 6.07) is 11.6. The molecular formula is C18H17FN4O. The number of hydrogen-bond acceptors (Lipinski definition) is 3. The second kappa shape index (κ2) is 7.50. The van der Waals surface area contributed by atoms with Crippen molar-refractivity contribution in [1.82, 2.24) is 14.8 Å². The number of anilines is 1. The molecule has 0 aliphatic rings. The molecule has 0 spiro atoms. The number of aryl methyl sites for hydroxylation is 2. The molecule has 0 aliphatic heterocycles. The minimum Gasteiger partial charge on any atom is -0.309 e. The monoisotopic (exact) mass is 324 g/mol. The molecule has 3 rings (SSSR count). The Bertz CT molecular complexity index is 799. The molecule has 122 valence electrons. The second-order valence-corrected chi connectivity index (χ2v) is 5.42. The lowest BCUT2D eigenvalue weighted by atomic mass is 10.1. The van der Waals surface area contributed by atoms with E-state index in [2.05, 4.69) is 15.4 Å². The Morgan fingerprint density at radius 1 is 1.04 bits per heavy atom. The number of nitrogens with zero attached hydrogens (tertiary/aromatic N) is 3. The van der Waals surface area contributed by atoms with Crippen LogP contribution in [0.25, 0.3) is 0 Å². The Labute approximate surface area is 139 Å². The van der Waals surface area contributed by atoms with E-state index in [1.807, 2.05) is 18.3 Å². The summed E-state index contributed by atoms with van der Waals surface area (Å²) in [7, 11) is 0. The van der Waals surface area contributed by atoms with Gasteiger partial charge >= 0.3 is 0 Å². The lowest BCUT2D eigenvalue weighted by molar-refractivity contribution is -0.115. The second-order valence-electron chi connectivity index (χ2n) is 5.42. The van der Waals surface area contributed by atoms with Crippen LogP contribution in [0.4, 0.5) is 10.2 Å². The number of carbonyl (C=O) groups is 1. The maximum atomic E-state index is 12.9. The van der Waals surface area contributed by atoms with Crippen molar-refractivity contribution in [3.05, 3.63) is 78.0 Å². The normalized spacial score (nSPS) is 10.5. The molecule has 24 heavy (non-hydrogen) atoms. The fourth-order valence-corrected chi connectivity index (χ4v) is 2.32. The van der Waals surface area contributed by atoms with Crippen molar-refractivity contribution in [2.45, 2.75) is 19.4 Å². The van der Waals surface area contributed by atoms with Crippen molar-refractivity contribution in [3.63, 3.8) is 0 Å². The Morgan fingerprint density at radius 2 is 1.79 bits per heavy atom. The molecule has 1 amide bonds. The SMILES string of the molecule is O=C(Cc1ccc(F)cc1)Nc1ccn(CCc2ccncc2)n1. The highest BCUT2D eigenvalue weighted by Gasteiger charge is 2.07. The van der Waals surface area contributed by atoms with E-state index in [4.69, 9.17) is 0 Å². The highest BCUT2D eigenvalue weighted by Crippen LogP contribution is 2.08. The first-order chi connectivity index (χ1) is 11.7. The molecule has 0 unspecified atom stereocenters. The molecule has 1 N–H and O–H groups in total. The number of pyridine rings is 1. The number of carbonyl (C=O) groups excluding carboxylic acids is 1. The van der Waals surface area contributed by atoms with Gasteiger partial charge in [0.15, 0.2) is 5.82 Å². The van der Waals surface area contributed by atoms with Crippen molar-refractivity contribution in [1.29, 1.82) is 0 Å². The van der Waals surface area contributed by atoms with Crippen LogP contribution in [0.2, 0.25) is 0 Å². The highest BCUT2D eigenvalue weighted by molar-refractivity contribution is 5.91. The molecule has 0 saturated heterocycles. The summed E-state index contributed by atoms with van der Waals surface area (Å²) in [4.78, 5) is 16.0. The van der Waals surface area contributed by atoms with Gasteiger partial charge in [0.2, 0.25) is 5.91 Å². The van der Waals surface area contributed by atoms with E-state index < -0.39 is 0 Å². The third-order valence-corrected chi connectivity index (χ3v) is 3.57. The van der Waals surface area contributed by atoms with E-state index in [9.17, 15) is 9.18 Å². The van der Waals surface area contributed by atoms with Crippen LogP contribution in [0.3, 0.4) is 0 Å². The molecule has 0 radical (unpaired) electrons. The first-order valence-corrected chi connectivity index (χ1v) is 7.66. The van der Waals surface area contributed by atoms with Gasteiger partial charge in [-0.3, -0.25) is 14.5 Å². The summed E-state index contributed by atoms with van der Waals surface area (Å²) >= 11 is 0. The summed E-state index contributed by atoms with van der Waals surface area (Å²) in [5.74, 6) is 0.0185. The maximum Gasteiger partial charge on any atom is 0.229 e. The zero-order valence-corrected chi connectivity index (χ0v) is 13.0. The highest BCUT2D eigenvalue weighted by atomic mass is 19.1. The molecule has 2 heterocycles. The van der Waals surface area contributed by atoms with Gasteiger partial charge in [-0.25, -0.2) is 4.39 Å². The van der Waals surface area contributed by atoms with Crippen molar-refractivity contribution < 1.29 is 9.18 Å². The Balaban J connectivity index is 1.51. The molecule has 0 fully saturated rings. The van der Waals surface area contributed by atoms with Gasteiger partial charge in [0.25, 0.3) is 0 Å². The smallest absolute Gasteiger partial charge is 0.229 e. The number of halogens is 1. The molecule has 5 nitrogen and oxygen atoms in total. The van der Waals surface area contributed by atoms with Crippen LogP contribution in [-0.2, 0) is 24.2 Å². The largest absolute Gasteiger partial charge is 0.309 e. The van der Waals surface area contributed by atoms with E-state index in [1.54, 1.807) is 35.3 Å². The predicted molar refractivity (Wildman–Crippen MR) is 88.9 cm³/mol. The fourth-order valence-electron chi connectivity index (χ4n) is 2.32. The number of benzene rings is 1. The molecule has 3 aromatic rings. The summed E-state index contributed by atoms with van der Waals surface area (Å²) in [6.07, 6.45) is 6.38. The average Bonchev–Trinajstić information content (AvgIpc) is 3.03. The standard InChI is InChI=1S/C18H17FN4O/c19-16-3-1-15(2-4-16)13-18(24)21-17-8-12-23(22-17)11-7-14-5-9-20-10-6-14/h1-6,8-10,12H,7,11,13H2,(H,21,22,24). The first kappa shape index (κ1) is 15.9. The molecule has 0 atom stereocenters. The topological polar surface area (TPSA) is 59.8 Å².